The van der Waals surface area contributed by atoms with Crippen LogP contribution in [0.1, 0.15) is 35.0 Å². The molecule has 6 nitrogen and oxygen atoms in total. The Balaban J connectivity index is 2.19. The van der Waals surface area contributed by atoms with Crippen molar-refractivity contribution in [3.05, 3.63) is 53.5 Å². The summed E-state index contributed by atoms with van der Waals surface area (Å²) in [5.41, 5.74) is 1.09. The molecule has 0 atom stereocenters. The number of nitrogens with one attached hydrogen (secondary N) is 2. The van der Waals surface area contributed by atoms with Gasteiger partial charge in [-0.1, -0.05) is 13.0 Å². The standard InChI is InChI=1S/C16H20N2O4S/c1-3-8-17-16(19)15-10-14(7-6-12(15)2)23(20,21)18-11-13-5-4-9-22-13/h4-7,9-10,18H,3,8,11H2,1-2H3,(H,17,19). The quantitative estimate of drug-likeness (QED) is 0.811. The topological polar surface area (TPSA) is 88.4 Å². The van der Waals surface area contributed by atoms with Crippen molar-refractivity contribution in [1.82, 2.24) is 10.0 Å². The molecule has 0 radical (unpaired) electrons. The fourth-order valence-electron chi connectivity index (χ4n) is 2.01. The molecular weight excluding hydrogens is 316 g/mol. The fourth-order valence-corrected chi connectivity index (χ4v) is 3.03. The van der Waals surface area contributed by atoms with Crippen LogP contribution < -0.4 is 10.0 Å². The molecule has 124 valence electrons. The second kappa shape index (κ2) is 7.43. The van der Waals surface area contributed by atoms with Gasteiger partial charge in [0.05, 0.1) is 17.7 Å². The molecular formula is C16H20N2O4S. The van der Waals surface area contributed by atoms with Crippen LogP contribution in [0.2, 0.25) is 0 Å². The number of amides is 1. The minimum absolute atomic E-state index is 0.0521. The molecule has 0 saturated carbocycles. The Labute approximate surface area is 135 Å². The molecule has 7 heteroatoms. The molecule has 0 spiro atoms. The van der Waals surface area contributed by atoms with Crippen LogP contribution >= 0.6 is 0 Å². The highest BCUT2D eigenvalue weighted by atomic mass is 32.2. The fraction of sp³-hybridized carbons (Fsp3) is 0.312. The monoisotopic (exact) mass is 336 g/mol. The van der Waals surface area contributed by atoms with E-state index in [9.17, 15) is 13.2 Å². The molecule has 2 aromatic rings. The molecule has 1 amide bonds. The van der Waals surface area contributed by atoms with Crippen LogP contribution in [0.15, 0.2) is 45.9 Å². The molecule has 1 aromatic heterocycles. The Morgan fingerprint density at radius 1 is 1.26 bits per heavy atom. The van der Waals surface area contributed by atoms with Gasteiger partial charge < -0.3 is 9.73 Å². The SMILES string of the molecule is CCCNC(=O)c1cc(S(=O)(=O)NCc2ccco2)ccc1C. The largest absolute Gasteiger partial charge is 0.468 e. The van der Waals surface area contributed by atoms with Crippen molar-refractivity contribution in [1.29, 1.82) is 0 Å². The lowest BCUT2D eigenvalue weighted by Gasteiger charge is -2.10. The van der Waals surface area contributed by atoms with Gasteiger partial charge in [-0.3, -0.25) is 4.79 Å². The number of aryl methyl sites for hydroxylation is 1. The molecule has 0 aliphatic heterocycles. The smallest absolute Gasteiger partial charge is 0.251 e. The maximum atomic E-state index is 12.3. The van der Waals surface area contributed by atoms with Crippen molar-refractivity contribution in [2.75, 3.05) is 6.54 Å². The molecule has 0 unspecified atom stereocenters. The first-order valence-electron chi connectivity index (χ1n) is 7.35. The second-order valence-corrected chi connectivity index (χ2v) is 6.90. The van der Waals surface area contributed by atoms with Gasteiger partial charge in [0.15, 0.2) is 0 Å². The highest BCUT2D eigenvalue weighted by molar-refractivity contribution is 7.89. The number of furan rings is 1. The summed E-state index contributed by atoms with van der Waals surface area (Å²) in [7, 11) is -3.72. The summed E-state index contributed by atoms with van der Waals surface area (Å²) in [6.07, 6.45) is 2.29. The third kappa shape index (κ3) is 4.43. The molecule has 1 heterocycles. The summed E-state index contributed by atoms with van der Waals surface area (Å²) in [5, 5.41) is 2.75. The minimum atomic E-state index is -3.72. The summed E-state index contributed by atoms with van der Waals surface area (Å²) in [6.45, 7) is 4.33. The van der Waals surface area contributed by atoms with Gasteiger partial charge in [-0.15, -0.1) is 0 Å². The van der Waals surface area contributed by atoms with E-state index in [0.29, 0.717) is 17.9 Å². The van der Waals surface area contributed by atoms with E-state index in [2.05, 4.69) is 10.0 Å². The summed E-state index contributed by atoms with van der Waals surface area (Å²) in [5.74, 6) is 0.244. The number of benzene rings is 1. The average Bonchev–Trinajstić information content (AvgIpc) is 3.04. The van der Waals surface area contributed by atoms with Crippen LogP contribution in [0, 0.1) is 6.92 Å². The third-order valence-corrected chi connectivity index (χ3v) is 4.71. The van der Waals surface area contributed by atoms with Gasteiger partial charge in [-0.2, -0.15) is 0 Å². The van der Waals surface area contributed by atoms with E-state index in [1.54, 1.807) is 25.1 Å². The van der Waals surface area contributed by atoms with Gasteiger partial charge in [-0.25, -0.2) is 13.1 Å². The van der Waals surface area contributed by atoms with E-state index in [0.717, 1.165) is 12.0 Å². The average molecular weight is 336 g/mol. The van der Waals surface area contributed by atoms with Gasteiger partial charge in [0.1, 0.15) is 5.76 Å². The zero-order chi connectivity index (χ0) is 16.9. The predicted molar refractivity (Wildman–Crippen MR) is 86.5 cm³/mol. The van der Waals surface area contributed by atoms with Crippen molar-refractivity contribution in [2.45, 2.75) is 31.7 Å². The predicted octanol–water partition coefficient (Wildman–Crippen LogP) is 2.21. The number of hydrogen-bond acceptors (Lipinski definition) is 4. The second-order valence-electron chi connectivity index (χ2n) is 5.14. The Morgan fingerprint density at radius 2 is 2.04 bits per heavy atom. The normalized spacial score (nSPS) is 11.4. The maximum absolute atomic E-state index is 12.3. The Hall–Kier alpha value is -2.12. The van der Waals surface area contributed by atoms with E-state index < -0.39 is 10.0 Å². The van der Waals surface area contributed by atoms with Crippen LogP contribution in [0.4, 0.5) is 0 Å². The number of rotatable bonds is 7. The lowest BCUT2D eigenvalue weighted by atomic mass is 10.1. The first-order chi connectivity index (χ1) is 10.9. The molecule has 2 rings (SSSR count). The Bertz CT molecular complexity index is 767. The van der Waals surface area contributed by atoms with E-state index in [4.69, 9.17) is 4.42 Å². The lowest BCUT2D eigenvalue weighted by Crippen LogP contribution is -2.26. The van der Waals surface area contributed by atoms with Crippen LogP contribution in [0.5, 0.6) is 0 Å². The van der Waals surface area contributed by atoms with E-state index in [1.807, 2.05) is 6.92 Å². The molecule has 0 aliphatic rings. The summed E-state index contributed by atoms with van der Waals surface area (Å²) in [6, 6.07) is 7.87. The van der Waals surface area contributed by atoms with Gasteiger partial charge >= 0.3 is 0 Å². The van der Waals surface area contributed by atoms with Gasteiger partial charge in [-0.05, 0) is 43.2 Å². The molecule has 0 saturated heterocycles. The summed E-state index contributed by atoms with van der Waals surface area (Å²) < 4.78 is 32.2. The molecule has 23 heavy (non-hydrogen) atoms. The van der Waals surface area contributed by atoms with E-state index in [1.165, 1.54) is 18.4 Å². The number of sulfonamides is 1. The first-order valence-corrected chi connectivity index (χ1v) is 8.83. The van der Waals surface area contributed by atoms with E-state index in [-0.39, 0.29) is 17.3 Å². The maximum Gasteiger partial charge on any atom is 0.251 e. The van der Waals surface area contributed by atoms with Crippen molar-refractivity contribution < 1.29 is 17.6 Å². The zero-order valence-electron chi connectivity index (χ0n) is 13.1. The highest BCUT2D eigenvalue weighted by Crippen LogP contribution is 2.16. The molecule has 0 aliphatic carbocycles. The molecule has 0 bridgehead atoms. The van der Waals surface area contributed by atoms with Crippen LogP contribution in [0.3, 0.4) is 0 Å². The first kappa shape index (κ1) is 17.2. The van der Waals surface area contributed by atoms with Crippen molar-refractivity contribution >= 4 is 15.9 Å². The Morgan fingerprint density at radius 3 is 2.70 bits per heavy atom. The van der Waals surface area contributed by atoms with Gasteiger partial charge in [0.2, 0.25) is 10.0 Å². The molecule has 2 N–H and O–H groups in total. The van der Waals surface area contributed by atoms with Gasteiger partial charge in [0.25, 0.3) is 5.91 Å². The number of carbonyl (C=O) groups excluding carboxylic acids is 1. The van der Waals surface area contributed by atoms with Crippen molar-refractivity contribution in [3.8, 4) is 0 Å². The summed E-state index contributed by atoms with van der Waals surface area (Å²) in [4.78, 5) is 12.2. The number of carbonyl (C=O) groups is 1. The van der Waals surface area contributed by atoms with Crippen molar-refractivity contribution in [3.63, 3.8) is 0 Å². The zero-order valence-corrected chi connectivity index (χ0v) is 13.9. The number of hydrogen-bond donors (Lipinski definition) is 2. The Kier molecular flexibility index (Phi) is 5.57. The van der Waals surface area contributed by atoms with Crippen LogP contribution in [0.25, 0.3) is 0 Å². The lowest BCUT2D eigenvalue weighted by molar-refractivity contribution is 0.0953. The van der Waals surface area contributed by atoms with Crippen LogP contribution in [-0.4, -0.2) is 20.9 Å². The summed E-state index contributed by atoms with van der Waals surface area (Å²) >= 11 is 0. The van der Waals surface area contributed by atoms with Crippen molar-refractivity contribution in [2.24, 2.45) is 0 Å². The molecule has 1 aromatic carbocycles. The van der Waals surface area contributed by atoms with Gasteiger partial charge in [0, 0.05) is 12.1 Å². The van der Waals surface area contributed by atoms with Crippen LogP contribution in [-0.2, 0) is 16.6 Å². The third-order valence-electron chi connectivity index (χ3n) is 3.32. The minimum Gasteiger partial charge on any atom is -0.468 e. The van der Waals surface area contributed by atoms with E-state index >= 15 is 0 Å². The molecule has 0 fully saturated rings. The highest BCUT2D eigenvalue weighted by Gasteiger charge is 2.18.